The third-order valence-corrected chi connectivity index (χ3v) is 2.88. The highest BCUT2D eigenvalue weighted by atomic mass is 79.9. The van der Waals surface area contributed by atoms with Crippen LogP contribution in [0.1, 0.15) is 18.5 Å². The average molecular weight is 287 g/mol. The van der Waals surface area contributed by atoms with E-state index in [0.717, 1.165) is 15.8 Å². The Morgan fingerprint density at radius 3 is 2.81 bits per heavy atom. The summed E-state index contributed by atoms with van der Waals surface area (Å²) in [5, 5.41) is 3.03. The van der Waals surface area contributed by atoms with Gasteiger partial charge >= 0.3 is 0 Å². The van der Waals surface area contributed by atoms with Gasteiger partial charge in [-0.15, -0.1) is 0 Å². The number of amides is 1. The number of nitrogens with one attached hydrogen (secondary N) is 1. The van der Waals surface area contributed by atoms with Crippen molar-refractivity contribution in [3.63, 3.8) is 0 Å². The van der Waals surface area contributed by atoms with E-state index in [-0.39, 0.29) is 18.5 Å². The standard InChI is InChI=1S/C11H15BrN2O2/c1-7(14-6-11(13)15)8-3-4-10(16-2)9(12)5-8/h3-5,7,14H,6H2,1-2H3,(H2,13,15)/t7-/m0/s1. The molecule has 0 bridgehead atoms. The Kier molecular flexibility index (Phi) is 4.76. The molecular weight excluding hydrogens is 272 g/mol. The lowest BCUT2D eigenvalue weighted by Gasteiger charge is -2.14. The van der Waals surface area contributed by atoms with E-state index in [1.807, 2.05) is 25.1 Å². The molecule has 0 saturated carbocycles. The van der Waals surface area contributed by atoms with E-state index < -0.39 is 0 Å². The van der Waals surface area contributed by atoms with Crippen molar-refractivity contribution in [3.8, 4) is 5.75 Å². The van der Waals surface area contributed by atoms with E-state index in [1.54, 1.807) is 7.11 Å². The van der Waals surface area contributed by atoms with Crippen molar-refractivity contribution in [1.29, 1.82) is 0 Å². The summed E-state index contributed by atoms with van der Waals surface area (Å²) in [6, 6.07) is 5.84. The topological polar surface area (TPSA) is 64.3 Å². The molecule has 1 aromatic rings. The van der Waals surface area contributed by atoms with Gasteiger partial charge in [0.1, 0.15) is 5.75 Å². The highest BCUT2D eigenvalue weighted by Gasteiger charge is 2.08. The van der Waals surface area contributed by atoms with Crippen LogP contribution in [0.5, 0.6) is 5.75 Å². The quantitative estimate of drug-likeness (QED) is 0.864. The van der Waals surface area contributed by atoms with E-state index in [4.69, 9.17) is 10.5 Å². The number of ether oxygens (including phenoxy) is 1. The lowest BCUT2D eigenvalue weighted by atomic mass is 10.1. The van der Waals surface area contributed by atoms with E-state index >= 15 is 0 Å². The Hall–Kier alpha value is -1.07. The second-order valence-electron chi connectivity index (χ2n) is 3.46. The van der Waals surface area contributed by atoms with Crippen LogP contribution in [0.3, 0.4) is 0 Å². The number of primary amides is 1. The van der Waals surface area contributed by atoms with Crippen molar-refractivity contribution in [1.82, 2.24) is 5.32 Å². The maximum absolute atomic E-state index is 10.6. The zero-order valence-corrected chi connectivity index (χ0v) is 10.9. The molecule has 0 unspecified atom stereocenters. The summed E-state index contributed by atoms with van der Waals surface area (Å²) in [5.41, 5.74) is 6.13. The minimum Gasteiger partial charge on any atom is -0.496 e. The van der Waals surface area contributed by atoms with Crippen LogP contribution in [0.2, 0.25) is 0 Å². The van der Waals surface area contributed by atoms with Gasteiger partial charge in [0.25, 0.3) is 0 Å². The molecule has 0 aliphatic heterocycles. The van der Waals surface area contributed by atoms with Gasteiger partial charge < -0.3 is 15.8 Å². The molecule has 88 valence electrons. The van der Waals surface area contributed by atoms with Gasteiger partial charge in [-0.25, -0.2) is 0 Å². The first kappa shape index (κ1) is 13.0. The predicted octanol–water partition coefficient (Wildman–Crippen LogP) is 1.59. The SMILES string of the molecule is COc1ccc([C@H](C)NCC(N)=O)cc1Br. The second kappa shape index (κ2) is 5.86. The van der Waals surface area contributed by atoms with Crippen LogP contribution in [-0.2, 0) is 4.79 Å². The van der Waals surface area contributed by atoms with Crippen LogP contribution < -0.4 is 15.8 Å². The lowest BCUT2D eigenvalue weighted by molar-refractivity contribution is -0.117. The van der Waals surface area contributed by atoms with E-state index in [1.165, 1.54) is 0 Å². The molecule has 0 saturated heterocycles. The zero-order valence-electron chi connectivity index (χ0n) is 9.29. The summed E-state index contributed by atoms with van der Waals surface area (Å²) in [6.45, 7) is 2.14. The van der Waals surface area contributed by atoms with Gasteiger partial charge in [0.15, 0.2) is 0 Å². The van der Waals surface area contributed by atoms with Gasteiger partial charge in [0.05, 0.1) is 18.1 Å². The Morgan fingerprint density at radius 1 is 1.62 bits per heavy atom. The number of methoxy groups -OCH3 is 1. The van der Waals surface area contributed by atoms with Crippen LogP contribution in [0, 0.1) is 0 Å². The molecule has 0 radical (unpaired) electrons. The number of hydrogen-bond donors (Lipinski definition) is 2. The minimum absolute atomic E-state index is 0.0645. The number of carbonyl (C=O) groups is 1. The Labute approximate surface area is 103 Å². The van der Waals surface area contributed by atoms with Crippen molar-refractivity contribution >= 4 is 21.8 Å². The smallest absolute Gasteiger partial charge is 0.231 e. The number of hydrogen-bond acceptors (Lipinski definition) is 3. The van der Waals surface area contributed by atoms with Crippen molar-refractivity contribution in [2.24, 2.45) is 5.73 Å². The van der Waals surface area contributed by atoms with Gasteiger partial charge in [0, 0.05) is 6.04 Å². The second-order valence-corrected chi connectivity index (χ2v) is 4.32. The van der Waals surface area contributed by atoms with Crippen LogP contribution >= 0.6 is 15.9 Å². The Morgan fingerprint density at radius 2 is 2.31 bits per heavy atom. The summed E-state index contributed by atoms with van der Waals surface area (Å²) in [5.74, 6) is 0.422. The molecule has 1 atom stereocenters. The fourth-order valence-electron chi connectivity index (χ4n) is 1.32. The molecular formula is C11H15BrN2O2. The predicted molar refractivity (Wildman–Crippen MR) is 66.3 cm³/mol. The average Bonchev–Trinajstić information content (AvgIpc) is 2.25. The maximum Gasteiger partial charge on any atom is 0.231 e. The lowest BCUT2D eigenvalue weighted by Crippen LogP contribution is -2.30. The highest BCUT2D eigenvalue weighted by Crippen LogP contribution is 2.27. The molecule has 0 aliphatic carbocycles. The summed E-state index contributed by atoms with van der Waals surface area (Å²) < 4.78 is 6.03. The van der Waals surface area contributed by atoms with Gasteiger partial charge in [0.2, 0.25) is 5.91 Å². The van der Waals surface area contributed by atoms with Crippen molar-refractivity contribution in [2.75, 3.05) is 13.7 Å². The number of benzene rings is 1. The fraction of sp³-hybridized carbons (Fsp3) is 0.364. The first-order chi connectivity index (χ1) is 7.54. The summed E-state index contributed by atoms with van der Waals surface area (Å²) >= 11 is 3.41. The van der Waals surface area contributed by atoms with Gasteiger partial charge in [-0.05, 0) is 40.5 Å². The third kappa shape index (κ3) is 3.50. The monoisotopic (exact) mass is 286 g/mol. The van der Waals surface area contributed by atoms with Crippen molar-refractivity contribution in [3.05, 3.63) is 28.2 Å². The zero-order chi connectivity index (χ0) is 12.1. The summed E-state index contributed by atoms with van der Waals surface area (Å²) in [7, 11) is 1.62. The summed E-state index contributed by atoms with van der Waals surface area (Å²) in [4.78, 5) is 10.6. The molecule has 0 heterocycles. The molecule has 3 N–H and O–H groups in total. The fourth-order valence-corrected chi connectivity index (χ4v) is 1.88. The molecule has 0 aromatic heterocycles. The molecule has 0 spiro atoms. The van der Waals surface area contributed by atoms with E-state index in [0.29, 0.717) is 0 Å². The number of nitrogens with two attached hydrogens (primary N) is 1. The molecule has 0 fully saturated rings. The van der Waals surface area contributed by atoms with Crippen LogP contribution in [0.4, 0.5) is 0 Å². The van der Waals surface area contributed by atoms with Gasteiger partial charge in [-0.1, -0.05) is 6.07 Å². The number of halogens is 1. The van der Waals surface area contributed by atoms with Crippen LogP contribution in [-0.4, -0.2) is 19.6 Å². The van der Waals surface area contributed by atoms with Crippen molar-refractivity contribution in [2.45, 2.75) is 13.0 Å². The Balaban J connectivity index is 2.72. The van der Waals surface area contributed by atoms with Crippen LogP contribution in [0.15, 0.2) is 22.7 Å². The van der Waals surface area contributed by atoms with Crippen molar-refractivity contribution < 1.29 is 9.53 Å². The van der Waals surface area contributed by atoms with Gasteiger partial charge in [-0.2, -0.15) is 0 Å². The number of carbonyl (C=O) groups excluding carboxylic acids is 1. The van der Waals surface area contributed by atoms with E-state index in [9.17, 15) is 4.79 Å². The molecule has 4 nitrogen and oxygen atoms in total. The first-order valence-corrected chi connectivity index (χ1v) is 5.69. The Bertz CT molecular complexity index is 382. The van der Waals surface area contributed by atoms with Gasteiger partial charge in [-0.3, -0.25) is 4.79 Å². The van der Waals surface area contributed by atoms with Crippen LogP contribution in [0.25, 0.3) is 0 Å². The highest BCUT2D eigenvalue weighted by molar-refractivity contribution is 9.10. The molecule has 5 heteroatoms. The molecule has 16 heavy (non-hydrogen) atoms. The largest absolute Gasteiger partial charge is 0.496 e. The normalized spacial score (nSPS) is 12.2. The molecule has 1 aromatic carbocycles. The van der Waals surface area contributed by atoms with E-state index in [2.05, 4.69) is 21.2 Å². The molecule has 1 rings (SSSR count). The summed E-state index contributed by atoms with van der Waals surface area (Å²) in [6.07, 6.45) is 0. The molecule has 1 amide bonds. The molecule has 0 aliphatic rings. The minimum atomic E-state index is -0.362. The third-order valence-electron chi connectivity index (χ3n) is 2.26. The first-order valence-electron chi connectivity index (χ1n) is 4.89. The maximum atomic E-state index is 10.6. The number of rotatable bonds is 5.